The minimum atomic E-state index is 0.172. The zero-order chi connectivity index (χ0) is 14.0. The summed E-state index contributed by atoms with van der Waals surface area (Å²) in [6.07, 6.45) is 0. The molecule has 0 unspecified atom stereocenters. The van der Waals surface area contributed by atoms with Gasteiger partial charge in [0.2, 0.25) is 0 Å². The van der Waals surface area contributed by atoms with Crippen molar-refractivity contribution in [3.8, 4) is 17.2 Å². The maximum Gasteiger partial charge on any atom is 0.169 e. The molecular formula is C17H20O2. The van der Waals surface area contributed by atoms with E-state index in [2.05, 4.69) is 26.8 Å². The van der Waals surface area contributed by atoms with Crippen molar-refractivity contribution in [2.45, 2.75) is 33.6 Å². The maximum absolute atomic E-state index is 9.84. The molecule has 2 nitrogen and oxygen atoms in total. The van der Waals surface area contributed by atoms with E-state index in [0.717, 1.165) is 11.3 Å². The van der Waals surface area contributed by atoms with Crippen LogP contribution in [0, 0.1) is 13.8 Å². The topological polar surface area (TPSA) is 29.5 Å². The molecule has 1 N–H and O–H groups in total. The first-order valence-electron chi connectivity index (χ1n) is 6.55. The van der Waals surface area contributed by atoms with Crippen LogP contribution in [0.1, 0.15) is 36.5 Å². The van der Waals surface area contributed by atoms with Crippen LogP contribution in [0.2, 0.25) is 0 Å². The predicted molar refractivity (Wildman–Crippen MR) is 78.2 cm³/mol. The van der Waals surface area contributed by atoms with Gasteiger partial charge in [-0.05, 0) is 60.7 Å². The van der Waals surface area contributed by atoms with E-state index in [0.29, 0.717) is 11.7 Å². The number of phenolic OH excluding ortho intramolecular Hbond substituents is 1. The summed E-state index contributed by atoms with van der Waals surface area (Å²) in [7, 11) is 0. The average molecular weight is 256 g/mol. The predicted octanol–water partition coefficient (Wildman–Crippen LogP) is 4.92. The first-order valence-corrected chi connectivity index (χ1v) is 6.55. The van der Waals surface area contributed by atoms with Crippen LogP contribution in [0.3, 0.4) is 0 Å². The molecule has 100 valence electrons. The Labute approximate surface area is 114 Å². The minimum absolute atomic E-state index is 0.172. The molecule has 2 aromatic carbocycles. The fourth-order valence-electron chi connectivity index (χ4n) is 2.20. The Kier molecular flexibility index (Phi) is 3.79. The van der Waals surface area contributed by atoms with Crippen LogP contribution in [0.4, 0.5) is 0 Å². The zero-order valence-corrected chi connectivity index (χ0v) is 11.9. The molecule has 0 aliphatic heterocycles. The van der Waals surface area contributed by atoms with Gasteiger partial charge in [-0.3, -0.25) is 0 Å². The Morgan fingerprint density at radius 3 is 2.32 bits per heavy atom. The van der Waals surface area contributed by atoms with E-state index in [1.54, 1.807) is 12.1 Å². The molecule has 2 heteroatoms. The van der Waals surface area contributed by atoms with Crippen molar-refractivity contribution in [3.63, 3.8) is 0 Å². The monoisotopic (exact) mass is 256 g/mol. The molecule has 0 spiro atoms. The highest BCUT2D eigenvalue weighted by atomic mass is 16.5. The molecule has 2 rings (SSSR count). The average Bonchev–Trinajstić information content (AvgIpc) is 2.32. The summed E-state index contributed by atoms with van der Waals surface area (Å²) in [4.78, 5) is 0. The van der Waals surface area contributed by atoms with Gasteiger partial charge in [-0.2, -0.15) is 0 Å². The Bertz CT molecular complexity index is 586. The molecule has 0 atom stereocenters. The lowest BCUT2D eigenvalue weighted by Crippen LogP contribution is -1.93. The number of aromatic hydroxyl groups is 1. The quantitative estimate of drug-likeness (QED) is 0.844. The van der Waals surface area contributed by atoms with Crippen LogP contribution in [-0.4, -0.2) is 5.11 Å². The van der Waals surface area contributed by atoms with Crippen molar-refractivity contribution >= 4 is 0 Å². The third-order valence-electron chi connectivity index (χ3n) is 3.21. The molecule has 2 aromatic rings. The molecule has 0 saturated heterocycles. The van der Waals surface area contributed by atoms with E-state index in [4.69, 9.17) is 4.74 Å². The van der Waals surface area contributed by atoms with Crippen LogP contribution in [0.5, 0.6) is 17.2 Å². The van der Waals surface area contributed by atoms with Crippen LogP contribution in [0.15, 0.2) is 36.4 Å². The molecule has 0 bridgehead atoms. The summed E-state index contributed by atoms with van der Waals surface area (Å²) in [5.41, 5.74) is 3.54. The summed E-state index contributed by atoms with van der Waals surface area (Å²) in [5.74, 6) is 1.91. The van der Waals surface area contributed by atoms with Gasteiger partial charge in [-0.1, -0.05) is 26.0 Å². The molecule has 0 fully saturated rings. The van der Waals surface area contributed by atoms with Gasteiger partial charge in [0, 0.05) is 0 Å². The second kappa shape index (κ2) is 5.35. The van der Waals surface area contributed by atoms with E-state index < -0.39 is 0 Å². The zero-order valence-electron chi connectivity index (χ0n) is 11.9. The standard InChI is InChI=1S/C17H20O2/c1-11(2)15-7-6-14(10-13(15)4)19-17-8-5-12(3)9-16(17)18/h5-11,18H,1-4H3. The summed E-state index contributed by atoms with van der Waals surface area (Å²) < 4.78 is 5.73. The van der Waals surface area contributed by atoms with Gasteiger partial charge in [0.25, 0.3) is 0 Å². The van der Waals surface area contributed by atoms with Gasteiger partial charge >= 0.3 is 0 Å². The lowest BCUT2D eigenvalue weighted by atomic mass is 9.98. The number of phenols is 1. The lowest BCUT2D eigenvalue weighted by Gasteiger charge is -2.13. The van der Waals surface area contributed by atoms with Crippen LogP contribution in [-0.2, 0) is 0 Å². The Morgan fingerprint density at radius 1 is 1.00 bits per heavy atom. The van der Waals surface area contributed by atoms with Gasteiger partial charge in [0.15, 0.2) is 11.5 Å². The van der Waals surface area contributed by atoms with Gasteiger partial charge < -0.3 is 9.84 Å². The molecule has 0 saturated carbocycles. The van der Waals surface area contributed by atoms with Gasteiger partial charge in [0.1, 0.15) is 5.75 Å². The number of hydrogen-bond acceptors (Lipinski definition) is 2. The second-order valence-corrected chi connectivity index (χ2v) is 5.25. The molecule has 0 aliphatic rings. The number of rotatable bonds is 3. The van der Waals surface area contributed by atoms with Gasteiger partial charge in [0.05, 0.1) is 0 Å². The highest BCUT2D eigenvalue weighted by Gasteiger charge is 2.07. The summed E-state index contributed by atoms with van der Waals surface area (Å²) in [5, 5.41) is 9.84. The molecule has 0 radical (unpaired) electrons. The van der Waals surface area contributed by atoms with Crippen LogP contribution in [0.25, 0.3) is 0 Å². The number of hydrogen-bond donors (Lipinski definition) is 1. The SMILES string of the molecule is Cc1ccc(Oc2ccc(C(C)C)c(C)c2)c(O)c1. The van der Waals surface area contributed by atoms with Crippen molar-refractivity contribution in [2.24, 2.45) is 0 Å². The van der Waals surface area contributed by atoms with Crippen molar-refractivity contribution in [1.82, 2.24) is 0 Å². The van der Waals surface area contributed by atoms with Crippen LogP contribution < -0.4 is 4.74 Å². The second-order valence-electron chi connectivity index (χ2n) is 5.25. The fourth-order valence-corrected chi connectivity index (χ4v) is 2.20. The molecule has 0 aliphatic carbocycles. The summed E-state index contributed by atoms with van der Waals surface area (Å²) >= 11 is 0. The minimum Gasteiger partial charge on any atom is -0.504 e. The van der Waals surface area contributed by atoms with Crippen LogP contribution >= 0.6 is 0 Å². The number of ether oxygens (including phenoxy) is 1. The van der Waals surface area contributed by atoms with Crippen molar-refractivity contribution < 1.29 is 9.84 Å². The van der Waals surface area contributed by atoms with Crippen molar-refractivity contribution in [1.29, 1.82) is 0 Å². The highest BCUT2D eigenvalue weighted by Crippen LogP contribution is 2.32. The normalized spacial score (nSPS) is 10.8. The first kappa shape index (κ1) is 13.5. The summed E-state index contributed by atoms with van der Waals surface area (Å²) in [6, 6.07) is 11.4. The lowest BCUT2D eigenvalue weighted by molar-refractivity contribution is 0.410. The van der Waals surface area contributed by atoms with E-state index in [1.807, 2.05) is 25.1 Å². The number of benzene rings is 2. The van der Waals surface area contributed by atoms with E-state index in [-0.39, 0.29) is 5.75 Å². The maximum atomic E-state index is 9.84. The Balaban J connectivity index is 2.26. The van der Waals surface area contributed by atoms with Gasteiger partial charge in [-0.15, -0.1) is 0 Å². The Hall–Kier alpha value is -1.96. The largest absolute Gasteiger partial charge is 0.504 e. The van der Waals surface area contributed by atoms with Crippen molar-refractivity contribution in [3.05, 3.63) is 53.1 Å². The molecular weight excluding hydrogens is 236 g/mol. The molecule has 19 heavy (non-hydrogen) atoms. The third kappa shape index (κ3) is 3.08. The Morgan fingerprint density at radius 2 is 1.74 bits per heavy atom. The smallest absolute Gasteiger partial charge is 0.169 e. The first-order chi connectivity index (χ1) is 8.97. The third-order valence-corrected chi connectivity index (χ3v) is 3.21. The summed E-state index contributed by atoms with van der Waals surface area (Å²) in [6.45, 7) is 8.37. The van der Waals surface area contributed by atoms with E-state index in [1.165, 1.54) is 11.1 Å². The highest BCUT2D eigenvalue weighted by molar-refractivity contribution is 5.45. The van der Waals surface area contributed by atoms with E-state index >= 15 is 0 Å². The van der Waals surface area contributed by atoms with E-state index in [9.17, 15) is 5.11 Å². The number of aryl methyl sites for hydroxylation is 2. The molecule has 0 amide bonds. The molecule has 0 heterocycles. The molecule has 0 aromatic heterocycles. The fraction of sp³-hybridized carbons (Fsp3) is 0.294. The van der Waals surface area contributed by atoms with Crippen molar-refractivity contribution in [2.75, 3.05) is 0 Å². The van der Waals surface area contributed by atoms with Gasteiger partial charge in [-0.25, -0.2) is 0 Å².